The van der Waals surface area contributed by atoms with Gasteiger partial charge in [0.25, 0.3) is 0 Å². The Bertz CT molecular complexity index is 952. The lowest BCUT2D eigenvalue weighted by Crippen LogP contribution is -2.11. The molecule has 2 atom stereocenters. The number of fused-ring (bicyclic) bond motifs is 2. The summed E-state index contributed by atoms with van der Waals surface area (Å²) in [6.45, 7) is 2.19. The molecule has 7 heteroatoms. The van der Waals surface area contributed by atoms with Crippen LogP contribution in [-0.4, -0.2) is 19.7 Å². The van der Waals surface area contributed by atoms with Gasteiger partial charge in [-0.3, -0.25) is 4.79 Å². The molecule has 0 fully saturated rings. The number of carbonyl (C=O) groups excluding carboxylic acids is 1. The fraction of sp³-hybridized carbons (Fsp3) is 0.409. The molecule has 0 aromatic heterocycles. The van der Waals surface area contributed by atoms with Gasteiger partial charge in [-0.2, -0.15) is 13.2 Å². The number of alkyl halides is 3. The van der Waals surface area contributed by atoms with Gasteiger partial charge in [0.2, 0.25) is 0 Å². The Hall–Kier alpha value is -2.70. The van der Waals surface area contributed by atoms with Gasteiger partial charge >= 0.3 is 12.1 Å². The van der Waals surface area contributed by atoms with Crippen molar-refractivity contribution in [3.05, 3.63) is 58.1 Å². The Morgan fingerprint density at radius 1 is 1.24 bits per heavy atom. The molecule has 0 amide bonds. The zero-order valence-electron chi connectivity index (χ0n) is 16.1. The number of hydrogen-bond donors (Lipinski definition) is 0. The van der Waals surface area contributed by atoms with Crippen molar-refractivity contribution in [1.29, 1.82) is 0 Å². The lowest BCUT2D eigenvalue weighted by molar-refractivity contribution is -0.141. The number of methoxy groups -OCH3 is 1. The number of ether oxygens (including phenoxy) is 3. The van der Waals surface area contributed by atoms with Gasteiger partial charge in [-0.25, -0.2) is 0 Å². The first-order chi connectivity index (χ1) is 13.8. The van der Waals surface area contributed by atoms with Crippen LogP contribution in [0.5, 0.6) is 11.5 Å². The molecule has 0 saturated carbocycles. The molecule has 4 rings (SSSR count). The van der Waals surface area contributed by atoms with Crippen LogP contribution in [0.4, 0.5) is 13.2 Å². The van der Waals surface area contributed by atoms with Crippen LogP contribution in [0.1, 0.15) is 52.7 Å². The minimum atomic E-state index is -4.37. The van der Waals surface area contributed by atoms with E-state index in [-0.39, 0.29) is 18.3 Å². The van der Waals surface area contributed by atoms with E-state index in [2.05, 4.69) is 0 Å². The summed E-state index contributed by atoms with van der Waals surface area (Å²) in [5.41, 5.74) is 2.09. The van der Waals surface area contributed by atoms with E-state index in [9.17, 15) is 18.0 Å². The summed E-state index contributed by atoms with van der Waals surface area (Å²) < 4.78 is 56.5. The maximum Gasteiger partial charge on any atom is 0.416 e. The summed E-state index contributed by atoms with van der Waals surface area (Å²) in [5, 5.41) is 0. The zero-order valence-corrected chi connectivity index (χ0v) is 16.1. The summed E-state index contributed by atoms with van der Waals surface area (Å²) in [7, 11) is 1.35. The van der Waals surface area contributed by atoms with E-state index in [0.29, 0.717) is 42.1 Å². The number of rotatable bonds is 4. The number of benzene rings is 2. The molecular weight excluding hydrogens is 385 g/mol. The molecule has 1 aliphatic heterocycles. The van der Waals surface area contributed by atoms with Crippen molar-refractivity contribution in [2.75, 3.05) is 13.7 Å². The topological polar surface area (TPSA) is 44.8 Å². The van der Waals surface area contributed by atoms with Crippen molar-refractivity contribution < 1.29 is 32.2 Å². The van der Waals surface area contributed by atoms with E-state index >= 15 is 0 Å². The first-order valence-electron chi connectivity index (χ1n) is 9.47. The van der Waals surface area contributed by atoms with Gasteiger partial charge in [-0.1, -0.05) is 12.1 Å². The van der Waals surface area contributed by atoms with Crippen LogP contribution in [0, 0.1) is 6.92 Å². The second kappa shape index (κ2) is 7.28. The van der Waals surface area contributed by atoms with Crippen LogP contribution in [0.25, 0.3) is 0 Å². The molecule has 4 nitrogen and oxygen atoms in total. The SMILES string of the molecule is COC(=O)CC1COc2cc(O[C@@H]3CCc4c(C(F)(F)F)ccc(C)c43)ccc21. The molecule has 2 aromatic rings. The fourth-order valence-electron chi connectivity index (χ4n) is 4.25. The van der Waals surface area contributed by atoms with Gasteiger partial charge in [-0.15, -0.1) is 0 Å². The third-order valence-corrected chi connectivity index (χ3v) is 5.64. The molecule has 0 spiro atoms. The first-order valence-corrected chi connectivity index (χ1v) is 9.47. The van der Waals surface area contributed by atoms with Crippen LogP contribution in [0.2, 0.25) is 0 Å². The van der Waals surface area contributed by atoms with E-state index in [0.717, 1.165) is 17.2 Å². The molecule has 2 aromatic carbocycles. The molecule has 1 heterocycles. The highest BCUT2D eigenvalue weighted by atomic mass is 19.4. The van der Waals surface area contributed by atoms with Gasteiger partial charge in [0.1, 0.15) is 17.6 Å². The molecule has 2 aliphatic rings. The van der Waals surface area contributed by atoms with Gasteiger partial charge in [-0.05, 0) is 48.6 Å². The number of carbonyl (C=O) groups is 1. The van der Waals surface area contributed by atoms with Crippen molar-refractivity contribution in [2.45, 2.75) is 44.4 Å². The Kier molecular flexibility index (Phi) is 4.92. The van der Waals surface area contributed by atoms with Crippen molar-refractivity contribution in [3.63, 3.8) is 0 Å². The third-order valence-electron chi connectivity index (χ3n) is 5.64. The van der Waals surface area contributed by atoms with Crippen molar-refractivity contribution >= 4 is 5.97 Å². The average Bonchev–Trinajstić information content (AvgIpc) is 3.26. The highest BCUT2D eigenvalue weighted by molar-refractivity contribution is 5.71. The molecular formula is C22H21F3O4. The first kappa shape index (κ1) is 19.6. The minimum Gasteiger partial charge on any atom is -0.492 e. The Labute approximate surface area is 166 Å². The number of hydrogen-bond acceptors (Lipinski definition) is 4. The lowest BCUT2D eigenvalue weighted by Gasteiger charge is -2.19. The van der Waals surface area contributed by atoms with E-state index in [1.165, 1.54) is 13.2 Å². The molecule has 0 radical (unpaired) electrons. The standard InChI is InChI=1S/C22H21F3O4/c1-12-3-7-17(22(23,24)25)16-6-8-18(21(12)16)29-14-4-5-15-13(9-20(26)27-2)11-28-19(15)10-14/h3-5,7,10,13,18H,6,8-9,11H2,1-2H3/t13?,18-/m1/s1. The molecule has 1 unspecified atom stereocenters. The molecule has 0 bridgehead atoms. The predicted molar refractivity (Wildman–Crippen MR) is 99.2 cm³/mol. The van der Waals surface area contributed by atoms with Crippen molar-refractivity contribution in [3.8, 4) is 11.5 Å². The summed E-state index contributed by atoms with van der Waals surface area (Å²) in [6, 6.07) is 8.03. The van der Waals surface area contributed by atoms with Gasteiger partial charge in [0.05, 0.1) is 25.7 Å². The van der Waals surface area contributed by atoms with Crippen molar-refractivity contribution in [1.82, 2.24) is 0 Å². The van der Waals surface area contributed by atoms with Gasteiger partial charge in [0.15, 0.2) is 0 Å². The zero-order chi connectivity index (χ0) is 20.8. The van der Waals surface area contributed by atoms with Crippen LogP contribution in [0.15, 0.2) is 30.3 Å². The lowest BCUT2D eigenvalue weighted by atomic mass is 9.97. The predicted octanol–water partition coefficient (Wildman–Crippen LogP) is 5.12. The van der Waals surface area contributed by atoms with Gasteiger partial charge in [0, 0.05) is 17.5 Å². The summed E-state index contributed by atoms with van der Waals surface area (Å²) >= 11 is 0. The second-order valence-electron chi connectivity index (χ2n) is 7.45. The van der Waals surface area contributed by atoms with Crippen LogP contribution >= 0.6 is 0 Å². The molecule has 0 saturated heterocycles. The maximum absolute atomic E-state index is 13.3. The highest BCUT2D eigenvalue weighted by Crippen LogP contribution is 2.45. The van der Waals surface area contributed by atoms with Crippen LogP contribution in [0.3, 0.4) is 0 Å². The van der Waals surface area contributed by atoms with E-state index in [1.807, 2.05) is 13.0 Å². The smallest absolute Gasteiger partial charge is 0.416 e. The quantitative estimate of drug-likeness (QED) is 0.662. The normalized spacial score (nSPS) is 20.0. The Balaban J connectivity index is 1.57. The number of aryl methyl sites for hydroxylation is 1. The van der Waals surface area contributed by atoms with Crippen LogP contribution in [-0.2, 0) is 22.1 Å². The maximum atomic E-state index is 13.3. The Morgan fingerprint density at radius 3 is 2.76 bits per heavy atom. The molecule has 154 valence electrons. The molecule has 0 N–H and O–H groups in total. The number of halogens is 3. The second-order valence-corrected chi connectivity index (χ2v) is 7.45. The van der Waals surface area contributed by atoms with Crippen molar-refractivity contribution in [2.24, 2.45) is 0 Å². The monoisotopic (exact) mass is 406 g/mol. The average molecular weight is 406 g/mol. The third kappa shape index (κ3) is 3.66. The summed E-state index contributed by atoms with van der Waals surface area (Å²) in [5.74, 6) is 0.799. The Morgan fingerprint density at radius 2 is 2.03 bits per heavy atom. The van der Waals surface area contributed by atoms with Gasteiger partial charge < -0.3 is 14.2 Å². The number of esters is 1. The fourth-order valence-corrected chi connectivity index (χ4v) is 4.25. The molecule has 29 heavy (non-hydrogen) atoms. The van der Waals surface area contributed by atoms with Crippen LogP contribution < -0.4 is 9.47 Å². The minimum absolute atomic E-state index is 0.0738. The summed E-state index contributed by atoms with van der Waals surface area (Å²) in [4.78, 5) is 11.5. The summed E-state index contributed by atoms with van der Waals surface area (Å²) in [6.07, 6.45) is -3.75. The van der Waals surface area contributed by atoms with E-state index < -0.39 is 17.8 Å². The van der Waals surface area contributed by atoms with E-state index in [4.69, 9.17) is 14.2 Å². The largest absolute Gasteiger partial charge is 0.492 e. The molecule has 1 aliphatic carbocycles. The van der Waals surface area contributed by atoms with E-state index in [1.54, 1.807) is 12.1 Å². The highest BCUT2D eigenvalue weighted by Gasteiger charge is 2.38.